The summed E-state index contributed by atoms with van der Waals surface area (Å²) in [6.07, 6.45) is -3.60. The molecule has 8 heteroatoms. The van der Waals surface area contributed by atoms with Crippen LogP contribution in [0.15, 0.2) is 24.3 Å². The summed E-state index contributed by atoms with van der Waals surface area (Å²) in [5.41, 5.74) is -0.184. The second-order valence-electron chi connectivity index (χ2n) is 5.94. The highest BCUT2D eigenvalue weighted by molar-refractivity contribution is 5.66. The number of methoxy groups -OCH3 is 1. The molecule has 5 nitrogen and oxygen atoms in total. The maximum Gasteiger partial charge on any atom is 0.416 e. The zero-order valence-corrected chi connectivity index (χ0v) is 14.1. The van der Waals surface area contributed by atoms with Gasteiger partial charge in [0.25, 0.3) is 0 Å². The third-order valence-corrected chi connectivity index (χ3v) is 4.16. The van der Waals surface area contributed by atoms with Crippen LogP contribution in [0.2, 0.25) is 0 Å². The molecule has 2 rings (SSSR count). The normalized spacial score (nSPS) is 19.3. The van der Waals surface area contributed by atoms with E-state index in [2.05, 4.69) is 15.4 Å². The molecular formula is C17H23F3N2O3. The first-order valence-corrected chi connectivity index (χ1v) is 8.23. The van der Waals surface area contributed by atoms with E-state index in [9.17, 15) is 18.0 Å². The minimum Gasteiger partial charge on any atom is -0.453 e. The van der Waals surface area contributed by atoms with E-state index in [0.29, 0.717) is 12.1 Å². The van der Waals surface area contributed by atoms with Gasteiger partial charge < -0.3 is 20.1 Å². The number of hydrogen-bond acceptors (Lipinski definition) is 4. The number of rotatable bonds is 6. The molecule has 1 aromatic carbocycles. The summed E-state index contributed by atoms with van der Waals surface area (Å²) in [4.78, 5) is 11.1. The Kier molecular flexibility index (Phi) is 7.07. The maximum atomic E-state index is 13.0. The second-order valence-corrected chi connectivity index (χ2v) is 5.94. The van der Waals surface area contributed by atoms with Crippen LogP contribution in [0.5, 0.6) is 0 Å². The molecule has 0 saturated carbocycles. The highest BCUT2D eigenvalue weighted by atomic mass is 19.4. The molecule has 0 aliphatic carbocycles. The fraction of sp³-hybridized carbons (Fsp3) is 0.588. The van der Waals surface area contributed by atoms with Crippen molar-refractivity contribution in [1.29, 1.82) is 0 Å². The van der Waals surface area contributed by atoms with Crippen LogP contribution in [-0.2, 0) is 15.7 Å². The van der Waals surface area contributed by atoms with Gasteiger partial charge in [0, 0.05) is 19.0 Å². The van der Waals surface area contributed by atoms with Gasteiger partial charge >= 0.3 is 12.3 Å². The van der Waals surface area contributed by atoms with Crippen molar-refractivity contribution in [2.75, 3.05) is 33.4 Å². The van der Waals surface area contributed by atoms with E-state index >= 15 is 0 Å². The monoisotopic (exact) mass is 360 g/mol. The molecule has 1 aromatic rings. The number of hydrogen-bond donors (Lipinski definition) is 2. The van der Waals surface area contributed by atoms with Crippen molar-refractivity contribution in [3.63, 3.8) is 0 Å². The number of carbonyl (C=O) groups is 1. The van der Waals surface area contributed by atoms with Gasteiger partial charge in [0.1, 0.15) is 0 Å². The predicted octanol–water partition coefficient (Wildman–Crippen LogP) is 3.12. The van der Waals surface area contributed by atoms with Gasteiger partial charge in [0.05, 0.1) is 25.4 Å². The molecule has 1 unspecified atom stereocenters. The average Bonchev–Trinajstić information content (AvgIpc) is 2.61. The zero-order chi connectivity index (χ0) is 18.3. The fourth-order valence-electron chi connectivity index (χ4n) is 2.94. The van der Waals surface area contributed by atoms with Crippen molar-refractivity contribution in [1.82, 2.24) is 10.6 Å². The number of amides is 1. The summed E-state index contributed by atoms with van der Waals surface area (Å²) >= 11 is 0. The number of ether oxygens (including phenoxy) is 2. The van der Waals surface area contributed by atoms with Crippen molar-refractivity contribution in [2.45, 2.75) is 25.1 Å². The Morgan fingerprint density at radius 2 is 2.24 bits per heavy atom. The van der Waals surface area contributed by atoms with E-state index in [4.69, 9.17) is 4.74 Å². The summed E-state index contributed by atoms with van der Waals surface area (Å²) in [6.45, 7) is 2.00. The van der Waals surface area contributed by atoms with Gasteiger partial charge in [-0.15, -0.1) is 0 Å². The molecule has 1 aliphatic rings. The fourth-order valence-corrected chi connectivity index (χ4v) is 2.94. The predicted molar refractivity (Wildman–Crippen MR) is 86.1 cm³/mol. The molecule has 0 radical (unpaired) electrons. The van der Waals surface area contributed by atoms with Gasteiger partial charge in [-0.3, -0.25) is 0 Å². The van der Waals surface area contributed by atoms with E-state index in [1.807, 2.05) is 0 Å². The lowest BCUT2D eigenvalue weighted by Gasteiger charge is -2.31. The molecule has 0 bridgehead atoms. The molecule has 2 N–H and O–H groups in total. The van der Waals surface area contributed by atoms with E-state index in [0.717, 1.165) is 31.5 Å². The molecule has 1 saturated heterocycles. The van der Waals surface area contributed by atoms with Crippen molar-refractivity contribution < 1.29 is 27.4 Å². The molecule has 1 heterocycles. The van der Waals surface area contributed by atoms with Gasteiger partial charge in [0.15, 0.2) is 0 Å². The first-order chi connectivity index (χ1) is 11.9. The minimum absolute atomic E-state index is 0.0790. The smallest absolute Gasteiger partial charge is 0.416 e. The molecule has 140 valence electrons. The number of halogens is 3. The molecule has 2 atom stereocenters. The number of piperidine rings is 1. The van der Waals surface area contributed by atoms with Gasteiger partial charge in [0.2, 0.25) is 0 Å². The Hall–Kier alpha value is -1.80. The molecular weight excluding hydrogens is 337 g/mol. The van der Waals surface area contributed by atoms with E-state index in [1.54, 1.807) is 6.07 Å². The molecule has 1 aliphatic heterocycles. The molecule has 25 heavy (non-hydrogen) atoms. The van der Waals surface area contributed by atoms with Crippen LogP contribution in [0.4, 0.5) is 18.0 Å². The molecule has 0 aromatic heterocycles. The standard InChI is InChI=1S/C17H23F3N2O3/c1-24-16(23)22-8-9-25-15(13-5-3-7-21-11-13)12-4-2-6-14(10-12)17(18,19)20/h2,4,6,10,13,15,21H,3,5,7-9,11H2,1H3,(H,22,23)/t13?,15-/m0/s1. The topological polar surface area (TPSA) is 59.6 Å². The van der Waals surface area contributed by atoms with Crippen LogP contribution in [0.25, 0.3) is 0 Å². The SMILES string of the molecule is COC(=O)NCCO[C@@H](c1cccc(C(F)(F)F)c1)C1CCCNC1. The first-order valence-electron chi connectivity index (χ1n) is 8.23. The Labute approximate surface area is 144 Å². The quantitative estimate of drug-likeness (QED) is 0.766. The van der Waals surface area contributed by atoms with E-state index < -0.39 is 23.9 Å². The van der Waals surface area contributed by atoms with Crippen LogP contribution in [-0.4, -0.2) is 39.4 Å². The lowest BCUT2D eigenvalue weighted by atomic mass is 9.88. The van der Waals surface area contributed by atoms with Crippen molar-refractivity contribution in [3.05, 3.63) is 35.4 Å². The number of alkyl carbamates (subject to hydrolysis) is 1. The molecule has 1 amide bonds. The number of nitrogens with one attached hydrogen (secondary N) is 2. The Bertz CT molecular complexity index is 560. The summed E-state index contributed by atoms with van der Waals surface area (Å²) in [6, 6.07) is 5.26. The van der Waals surface area contributed by atoms with Gasteiger partial charge in [-0.1, -0.05) is 12.1 Å². The van der Waals surface area contributed by atoms with Crippen LogP contribution >= 0.6 is 0 Å². The highest BCUT2D eigenvalue weighted by Gasteiger charge is 2.32. The van der Waals surface area contributed by atoms with E-state index in [-0.39, 0.29) is 19.1 Å². The Morgan fingerprint density at radius 3 is 2.88 bits per heavy atom. The zero-order valence-electron chi connectivity index (χ0n) is 14.1. The van der Waals surface area contributed by atoms with Gasteiger partial charge in [-0.05, 0) is 37.1 Å². The molecule has 0 spiro atoms. The first kappa shape index (κ1) is 19.5. The summed E-state index contributed by atoms with van der Waals surface area (Å²) in [5.74, 6) is 0.0790. The summed E-state index contributed by atoms with van der Waals surface area (Å²) in [7, 11) is 1.26. The van der Waals surface area contributed by atoms with Crippen LogP contribution in [0.1, 0.15) is 30.1 Å². The van der Waals surface area contributed by atoms with Crippen molar-refractivity contribution in [2.24, 2.45) is 5.92 Å². The number of alkyl halides is 3. The van der Waals surface area contributed by atoms with Gasteiger partial charge in [-0.2, -0.15) is 13.2 Å². The second kappa shape index (κ2) is 9.05. The van der Waals surface area contributed by atoms with Gasteiger partial charge in [-0.25, -0.2) is 4.79 Å². The van der Waals surface area contributed by atoms with Crippen molar-refractivity contribution in [3.8, 4) is 0 Å². The lowest BCUT2D eigenvalue weighted by molar-refractivity contribution is -0.137. The van der Waals surface area contributed by atoms with E-state index in [1.165, 1.54) is 13.2 Å². The third kappa shape index (κ3) is 5.89. The Morgan fingerprint density at radius 1 is 1.44 bits per heavy atom. The number of benzene rings is 1. The summed E-state index contributed by atoms with van der Waals surface area (Å²) < 4.78 is 49.3. The largest absolute Gasteiger partial charge is 0.453 e. The van der Waals surface area contributed by atoms with Crippen molar-refractivity contribution >= 4 is 6.09 Å². The highest BCUT2D eigenvalue weighted by Crippen LogP contribution is 2.35. The summed E-state index contributed by atoms with van der Waals surface area (Å²) in [5, 5.41) is 5.75. The lowest BCUT2D eigenvalue weighted by Crippen LogP contribution is -2.35. The number of carbonyl (C=O) groups excluding carboxylic acids is 1. The average molecular weight is 360 g/mol. The minimum atomic E-state index is -4.39. The maximum absolute atomic E-state index is 13.0. The Balaban J connectivity index is 2.09. The molecule has 1 fully saturated rings. The third-order valence-electron chi connectivity index (χ3n) is 4.16. The van der Waals surface area contributed by atoms with Crippen LogP contribution < -0.4 is 10.6 Å². The van der Waals surface area contributed by atoms with Crippen LogP contribution in [0.3, 0.4) is 0 Å². The van der Waals surface area contributed by atoms with Crippen LogP contribution in [0, 0.1) is 5.92 Å².